The van der Waals surface area contributed by atoms with Gasteiger partial charge in [-0.15, -0.1) is 0 Å². The number of carbonyl (C=O) groups is 6. The number of aliphatic hydroxyl groups is 1. The second-order valence-electron chi connectivity index (χ2n) is 19.0. The molecular formula is C53H67N9O12. The Bertz CT molecular complexity index is 2690. The fraction of sp³-hybridized carbons (Fsp3) is 0.453. The van der Waals surface area contributed by atoms with E-state index < -0.39 is 48.3 Å². The highest BCUT2D eigenvalue weighted by atomic mass is 16.6. The smallest absolute Gasteiger partial charge is 0.416 e. The first-order chi connectivity index (χ1) is 35.5. The van der Waals surface area contributed by atoms with Gasteiger partial charge in [-0.2, -0.15) is 0 Å². The summed E-state index contributed by atoms with van der Waals surface area (Å²) in [7, 11) is 4.64. The minimum atomic E-state index is -1.51. The number of aliphatic imine (C=N–C) groups is 1. The molecule has 3 aromatic rings. The van der Waals surface area contributed by atoms with E-state index >= 15 is 0 Å². The van der Waals surface area contributed by atoms with Crippen molar-refractivity contribution in [2.75, 3.05) is 51.2 Å². The predicted octanol–water partition coefficient (Wildman–Crippen LogP) is 5.88. The minimum absolute atomic E-state index is 0.0482. The quantitative estimate of drug-likeness (QED) is 0.0644. The molecule has 21 nitrogen and oxygen atoms in total. The van der Waals surface area contributed by atoms with Crippen LogP contribution in [0.3, 0.4) is 0 Å². The number of unbranched alkanes of at least 4 members (excludes halogenated alkanes) is 2. The summed E-state index contributed by atoms with van der Waals surface area (Å²) in [5.74, 6) is -0.0535. The topological polar surface area (TPSA) is 265 Å². The maximum Gasteiger partial charge on any atom is 0.416 e. The summed E-state index contributed by atoms with van der Waals surface area (Å²) in [5.41, 5.74) is 9.22. The van der Waals surface area contributed by atoms with Gasteiger partial charge in [-0.1, -0.05) is 37.1 Å². The summed E-state index contributed by atoms with van der Waals surface area (Å²) in [5, 5.41) is 23.0. The second-order valence-corrected chi connectivity index (χ2v) is 19.0. The molecule has 4 aliphatic rings. The monoisotopic (exact) mass is 1020 g/mol. The number of hydrogen-bond donors (Lipinski definition) is 6. The highest BCUT2D eigenvalue weighted by Crippen LogP contribution is 2.43. The largest absolute Gasteiger partial charge is 0.493 e. The first kappa shape index (κ1) is 54.1. The van der Waals surface area contributed by atoms with Gasteiger partial charge in [0.25, 0.3) is 11.8 Å². The summed E-state index contributed by atoms with van der Waals surface area (Å²) < 4.78 is 29.4. The van der Waals surface area contributed by atoms with Crippen LogP contribution in [0.25, 0.3) is 0 Å². The predicted molar refractivity (Wildman–Crippen MR) is 276 cm³/mol. The zero-order valence-corrected chi connectivity index (χ0v) is 42.9. The molecule has 7 amide bonds. The van der Waals surface area contributed by atoms with Crippen molar-refractivity contribution in [3.05, 3.63) is 88.8 Å². The number of carbonyl (C=O) groups excluding carboxylic acids is 6. The van der Waals surface area contributed by atoms with Gasteiger partial charge >= 0.3 is 12.1 Å². The van der Waals surface area contributed by atoms with Crippen molar-refractivity contribution in [2.24, 2.45) is 16.6 Å². The van der Waals surface area contributed by atoms with Crippen LogP contribution in [0.4, 0.5) is 26.7 Å². The Kier molecular flexibility index (Phi) is 17.8. The van der Waals surface area contributed by atoms with E-state index in [1.54, 1.807) is 60.8 Å². The molecule has 3 unspecified atom stereocenters. The molecule has 21 heteroatoms. The SMILES string of the molecule is CN[C@H](C(=O)N[C@@H](CCCNC(N)=O)C(=O)Nc1ccc(COC(=O)N2c3cc(OCCCCCOc4cc5c(cc4OC)C(=O)N4C=C(C)CC4C=N5)c(OC)cc3C(=O)N3C=C(C)CC3C2O)cc1)C(C)C. The molecular weight excluding hydrogens is 955 g/mol. The second kappa shape index (κ2) is 24.4. The molecule has 0 saturated carbocycles. The van der Waals surface area contributed by atoms with Gasteiger partial charge in [-0.3, -0.25) is 24.2 Å². The number of benzene rings is 3. The number of urea groups is 1. The number of nitrogens with two attached hydrogens (primary N) is 1. The van der Waals surface area contributed by atoms with Crippen LogP contribution in [-0.2, 0) is 20.9 Å². The number of nitrogens with one attached hydrogen (secondary N) is 4. The van der Waals surface area contributed by atoms with Crippen LogP contribution < -0.4 is 50.8 Å². The zero-order chi connectivity index (χ0) is 53.2. The van der Waals surface area contributed by atoms with Crippen molar-refractivity contribution in [3.8, 4) is 23.0 Å². The van der Waals surface area contributed by atoms with Crippen molar-refractivity contribution in [3.63, 3.8) is 0 Å². The minimum Gasteiger partial charge on any atom is -0.493 e. The summed E-state index contributed by atoms with van der Waals surface area (Å²) in [4.78, 5) is 88.3. The van der Waals surface area contributed by atoms with Gasteiger partial charge in [-0.05, 0) is 102 Å². The molecule has 4 aliphatic heterocycles. The number of hydrogen-bond acceptors (Lipinski definition) is 14. The van der Waals surface area contributed by atoms with Gasteiger partial charge in [-0.25, -0.2) is 14.5 Å². The fourth-order valence-electron chi connectivity index (χ4n) is 9.37. The van der Waals surface area contributed by atoms with Crippen LogP contribution in [0.5, 0.6) is 23.0 Å². The standard InChI is InChI=1S/C53H67N9O12/c1-30(2)46(55-5)48(64)59-38(12-11-17-56-52(54)68)47(63)58-34-15-13-33(14-16-34)29-74-53(69)62-40-25-45(43(71-7)23-37(40)50(66)61-28-32(4)21-41(61)51(62)67)73-19-10-8-9-18-72-44-24-39-36(22-42(44)70-6)49(65)60-27-31(3)20-35(60)26-57-39/h13-16,22-28,30,35,38,41,46,51,55,67H,8-12,17-21,29H2,1-7H3,(H,58,63)(H,59,64)(H3,54,56,68)/t35?,38-,41?,46-,51?/m0/s1. The summed E-state index contributed by atoms with van der Waals surface area (Å²) >= 11 is 0. The molecule has 0 radical (unpaired) electrons. The van der Waals surface area contributed by atoms with Crippen molar-refractivity contribution in [2.45, 2.75) is 110 Å². The van der Waals surface area contributed by atoms with Crippen LogP contribution in [0.1, 0.15) is 98.9 Å². The van der Waals surface area contributed by atoms with Gasteiger partial charge in [0.2, 0.25) is 11.8 Å². The number of fused-ring (bicyclic) bond motifs is 4. The van der Waals surface area contributed by atoms with Crippen LogP contribution >= 0.6 is 0 Å². The average Bonchev–Trinajstić information content (AvgIpc) is 3.91. The molecule has 0 spiro atoms. The number of methoxy groups -OCH3 is 2. The normalized spacial score (nSPS) is 18.4. The summed E-state index contributed by atoms with van der Waals surface area (Å²) in [6, 6.07) is 9.85. The van der Waals surface area contributed by atoms with Crippen molar-refractivity contribution >= 4 is 59.0 Å². The number of anilines is 2. The number of nitrogens with zero attached hydrogens (tertiary/aromatic N) is 4. The van der Waals surface area contributed by atoms with Gasteiger partial charge in [0, 0.05) is 43.0 Å². The molecule has 5 atom stereocenters. The van der Waals surface area contributed by atoms with Gasteiger partial charge in [0.05, 0.1) is 68.1 Å². The Balaban J connectivity index is 0.980. The Morgan fingerprint density at radius 2 is 1.45 bits per heavy atom. The molecule has 3 aromatic carbocycles. The van der Waals surface area contributed by atoms with Crippen LogP contribution in [0.2, 0.25) is 0 Å². The van der Waals surface area contributed by atoms with E-state index in [2.05, 4.69) is 26.3 Å². The molecule has 4 heterocycles. The Morgan fingerprint density at radius 3 is 2.09 bits per heavy atom. The number of aliphatic hydroxyl groups excluding tert-OH is 1. The van der Waals surface area contributed by atoms with E-state index in [9.17, 15) is 33.9 Å². The molecule has 74 heavy (non-hydrogen) atoms. The first-order valence-electron chi connectivity index (χ1n) is 24.8. The van der Waals surface area contributed by atoms with Crippen molar-refractivity contribution in [1.29, 1.82) is 0 Å². The maximum atomic E-state index is 14.2. The molecule has 7 N–H and O–H groups in total. The lowest BCUT2D eigenvalue weighted by atomic mass is 10.0. The number of rotatable bonds is 22. The molecule has 0 aliphatic carbocycles. The Labute approximate surface area is 430 Å². The van der Waals surface area contributed by atoms with E-state index in [4.69, 9.17) is 29.4 Å². The summed E-state index contributed by atoms with van der Waals surface area (Å²) in [6.07, 6.45) is 6.49. The Hall–Kier alpha value is -7.65. The molecule has 396 valence electrons. The average molecular weight is 1020 g/mol. The van der Waals surface area contributed by atoms with Gasteiger partial charge in [0.1, 0.15) is 12.6 Å². The van der Waals surface area contributed by atoms with Crippen molar-refractivity contribution < 1.29 is 57.6 Å². The van der Waals surface area contributed by atoms with Crippen molar-refractivity contribution in [1.82, 2.24) is 25.8 Å². The summed E-state index contributed by atoms with van der Waals surface area (Å²) in [6.45, 7) is 8.18. The number of amides is 7. The number of ether oxygens (including phenoxy) is 5. The lowest BCUT2D eigenvalue weighted by molar-refractivity contribution is -0.128. The van der Waals surface area contributed by atoms with E-state index in [-0.39, 0.29) is 72.7 Å². The van der Waals surface area contributed by atoms with E-state index in [0.717, 1.165) is 22.5 Å². The fourth-order valence-corrected chi connectivity index (χ4v) is 9.37. The van der Waals surface area contributed by atoms with Crippen LogP contribution in [0.15, 0.2) is 77.1 Å². The third-order valence-corrected chi connectivity index (χ3v) is 13.2. The molecule has 7 rings (SSSR count). The molecule has 0 saturated heterocycles. The number of primary amides is 1. The lowest BCUT2D eigenvalue weighted by Gasteiger charge is -2.31. The maximum absolute atomic E-state index is 14.2. The Morgan fingerprint density at radius 1 is 0.811 bits per heavy atom. The molecule has 0 aromatic heterocycles. The van der Waals surface area contributed by atoms with Gasteiger partial charge in [0.15, 0.2) is 29.2 Å². The number of likely N-dealkylation sites (N-methyl/N-ethyl adjacent to an activating group) is 1. The first-order valence-corrected chi connectivity index (χ1v) is 24.8. The molecule has 0 fully saturated rings. The molecule has 0 bridgehead atoms. The lowest BCUT2D eigenvalue weighted by Crippen LogP contribution is -2.52. The highest BCUT2D eigenvalue weighted by Gasteiger charge is 2.45. The third-order valence-electron chi connectivity index (χ3n) is 13.2. The van der Waals surface area contributed by atoms with E-state index in [0.29, 0.717) is 72.7 Å². The van der Waals surface area contributed by atoms with Crippen LogP contribution in [-0.4, -0.2) is 128 Å². The highest BCUT2D eigenvalue weighted by molar-refractivity contribution is 6.07. The van der Waals surface area contributed by atoms with Crippen LogP contribution in [0, 0.1) is 5.92 Å². The van der Waals surface area contributed by atoms with Gasteiger partial charge < -0.3 is 65.6 Å². The third kappa shape index (κ3) is 12.6. The zero-order valence-electron chi connectivity index (χ0n) is 42.9. The van der Waals surface area contributed by atoms with E-state index in [1.807, 2.05) is 33.9 Å². The van der Waals surface area contributed by atoms with E-state index in [1.165, 1.54) is 31.3 Å².